The molecule has 2 heteroatoms. The van der Waals surface area contributed by atoms with Crippen LogP contribution in [-0.4, -0.2) is 0 Å². The Bertz CT molecular complexity index is 1170. The average Bonchev–Trinajstić information content (AvgIpc) is 2.96. The number of hydrogen-bond acceptors (Lipinski definition) is 0. The molecule has 0 aliphatic heterocycles. The summed E-state index contributed by atoms with van der Waals surface area (Å²) in [7, 11) is -1.04. The summed E-state index contributed by atoms with van der Waals surface area (Å²) in [5.74, 6) is 0. The number of benzene rings is 5. The molecule has 0 nitrogen and oxygen atoms in total. The topological polar surface area (TPSA) is 0 Å². The summed E-state index contributed by atoms with van der Waals surface area (Å²) in [6.45, 7) is 4.82. The van der Waals surface area contributed by atoms with Crippen LogP contribution in [0.2, 0.25) is 0 Å². The van der Waals surface area contributed by atoms with Crippen molar-refractivity contribution >= 4 is 37.1 Å². The van der Waals surface area contributed by atoms with Gasteiger partial charge in [0.15, 0.2) is 0 Å². The lowest BCUT2D eigenvalue weighted by molar-refractivity contribution is 1.04. The van der Waals surface area contributed by atoms with E-state index in [-0.39, 0.29) is 0 Å². The van der Waals surface area contributed by atoms with E-state index >= 15 is 0 Å². The van der Waals surface area contributed by atoms with Gasteiger partial charge in [-0.05, 0) is 48.2 Å². The Hall–Kier alpha value is -3.04. The Balaban J connectivity index is 1.53. The average molecular weight is 503 g/mol. The van der Waals surface area contributed by atoms with Crippen molar-refractivity contribution in [3.05, 3.63) is 157 Å². The van der Waals surface area contributed by atoms with E-state index < -0.39 is 15.8 Å². The predicted molar refractivity (Wildman–Crippen MR) is 161 cm³/mol. The molecule has 0 fully saturated rings. The Morgan fingerprint density at radius 1 is 0.361 bits per heavy atom. The summed E-state index contributed by atoms with van der Waals surface area (Å²) >= 11 is 0. The van der Waals surface area contributed by atoms with E-state index in [4.69, 9.17) is 0 Å². The zero-order chi connectivity index (χ0) is 24.7. The highest BCUT2D eigenvalue weighted by Gasteiger charge is 2.25. The van der Waals surface area contributed by atoms with Gasteiger partial charge in [0.05, 0.1) is 0 Å². The van der Waals surface area contributed by atoms with Gasteiger partial charge in [0.1, 0.15) is 0 Å². The molecule has 5 rings (SSSR count). The maximum atomic E-state index is 2.48. The van der Waals surface area contributed by atoms with Crippen molar-refractivity contribution in [3.8, 4) is 0 Å². The Morgan fingerprint density at radius 3 is 0.917 bits per heavy atom. The van der Waals surface area contributed by atoms with Crippen LogP contribution in [0.15, 0.2) is 146 Å². The second-order valence-electron chi connectivity index (χ2n) is 9.10. The smallest absolute Gasteiger partial charge is 0.00938 e. The van der Waals surface area contributed by atoms with E-state index in [1.54, 1.807) is 0 Å². The van der Waals surface area contributed by atoms with Crippen molar-refractivity contribution in [2.45, 2.75) is 25.2 Å². The van der Waals surface area contributed by atoms with Gasteiger partial charge in [0, 0.05) is 11.3 Å². The number of rotatable bonds is 8. The van der Waals surface area contributed by atoms with Gasteiger partial charge in [-0.25, -0.2) is 0 Å². The van der Waals surface area contributed by atoms with Crippen molar-refractivity contribution in [1.82, 2.24) is 0 Å². The summed E-state index contributed by atoms with van der Waals surface area (Å²) in [5.41, 5.74) is 3.68. The molecule has 5 aromatic rings. The van der Waals surface area contributed by atoms with Gasteiger partial charge in [-0.1, -0.05) is 159 Å². The fourth-order valence-corrected chi connectivity index (χ4v) is 10.2. The molecule has 0 saturated carbocycles. The molecule has 178 valence electrons. The lowest BCUT2D eigenvalue weighted by Gasteiger charge is -2.29. The summed E-state index contributed by atoms with van der Waals surface area (Å²) in [6.07, 6.45) is 0. The van der Waals surface area contributed by atoms with E-state index in [1.165, 1.54) is 32.3 Å². The molecule has 36 heavy (non-hydrogen) atoms. The van der Waals surface area contributed by atoms with Crippen LogP contribution < -0.4 is 21.2 Å². The highest BCUT2D eigenvalue weighted by Crippen LogP contribution is 2.52. The maximum Gasteiger partial charge on any atom is 0.00938 e. The molecule has 0 saturated heterocycles. The zero-order valence-electron chi connectivity index (χ0n) is 20.9. The second-order valence-corrected chi connectivity index (χ2v) is 14.2. The van der Waals surface area contributed by atoms with Gasteiger partial charge in [-0.2, -0.15) is 0 Å². The van der Waals surface area contributed by atoms with E-state index in [1.807, 2.05) is 0 Å². The predicted octanol–water partition coefficient (Wildman–Crippen LogP) is 8.07. The molecule has 0 bridgehead atoms. The highest BCUT2D eigenvalue weighted by atomic mass is 31.1. The lowest BCUT2D eigenvalue weighted by atomic mass is 10.1. The van der Waals surface area contributed by atoms with E-state index in [2.05, 4.69) is 159 Å². The fraction of sp³-hybridized carbons (Fsp3) is 0.118. The van der Waals surface area contributed by atoms with Gasteiger partial charge in [0.25, 0.3) is 0 Å². The molecule has 2 atom stereocenters. The van der Waals surface area contributed by atoms with Crippen LogP contribution in [-0.2, 0) is 0 Å². The third kappa shape index (κ3) is 5.52. The van der Waals surface area contributed by atoms with Crippen LogP contribution in [0, 0.1) is 0 Å². The summed E-state index contributed by atoms with van der Waals surface area (Å²) in [4.78, 5) is 0. The minimum Gasteiger partial charge on any atom is -0.0622 e. The molecule has 0 radical (unpaired) electrons. The molecule has 0 amide bonds. The van der Waals surface area contributed by atoms with Crippen LogP contribution in [0.25, 0.3) is 0 Å². The van der Waals surface area contributed by atoms with Crippen molar-refractivity contribution in [3.63, 3.8) is 0 Å². The van der Waals surface area contributed by atoms with Crippen LogP contribution in [0.3, 0.4) is 0 Å². The van der Waals surface area contributed by atoms with E-state index in [9.17, 15) is 0 Å². The molecule has 0 N–H and O–H groups in total. The Morgan fingerprint density at radius 2 is 0.639 bits per heavy atom. The molecule has 0 heterocycles. The first-order chi connectivity index (χ1) is 17.7. The van der Waals surface area contributed by atoms with Crippen molar-refractivity contribution in [2.75, 3.05) is 0 Å². The first kappa shape index (κ1) is 24.6. The van der Waals surface area contributed by atoms with Crippen LogP contribution in [0.1, 0.15) is 36.3 Å². The van der Waals surface area contributed by atoms with Crippen molar-refractivity contribution in [2.24, 2.45) is 0 Å². The zero-order valence-corrected chi connectivity index (χ0v) is 22.7. The molecule has 0 spiro atoms. The van der Waals surface area contributed by atoms with Crippen LogP contribution >= 0.6 is 15.8 Å². The largest absolute Gasteiger partial charge is 0.0622 e. The Labute approximate surface area is 218 Å². The van der Waals surface area contributed by atoms with Crippen molar-refractivity contribution in [1.29, 1.82) is 0 Å². The quantitative estimate of drug-likeness (QED) is 0.188. The molecular weight excluding hydrogens is 470 g/mol. The number of hydrogen-bond donors (Lipinski definition) is 0. The highest BCUT2D eigenvalue weighted by molar-refractivity contribution is 7.73. The first-order valence-electron chi connectivity index (χ1n) is 12.6. The van der Waals surface area contributed by atoms with E-state index in [0.717, 1.165) is 0 Å². The maximum absolute atomic E-state index is 2.48. The minimum atomic E-state index is -0.518. The summed E-state index contributed by atoms with van der Waals surface area (Å²) < 4.78 is 0. The van der Waals surface area contributed by atoms with Gasteiger partial charge in [-0.3, -0.25) is 0 Å². The molecule has 5 aromatic carbocycles. The first-order valence-corrected chi connectivity index (χ1v) is 15.4. The molecule has 0 aromatic heterocycles. The van der Waals surface area contributed by atoms with Crippen LogP contribution in [0.5, 0.6) is 0 Å². The van der Waals surface area contributed by atoms with Crippen LogP contribution in [0.4, 0.5) is 0 Å². The third-order valence-electron chi connectivity index (χ3n) is 6.79. The fourth-order valence-electron chi connectivity index (χ4n) is 4.92. The normalized spacial score (nSPS) is 13.0. The third-order valence-corrected chi connectivity index (χ3v) is 12.4. The second kappa shape index (κ2) is 11.8. The SMILES string of the molecule is CC(c1cccc(C(C)P(c2ccccc2)c2ccccc2)c1)P(c1ccccc1)c1ccccc1. The van der Waals surface area contributed by atoms with Gasteiger partial charge in [-0.15, -0.1) is 0 Å². The molecule has 0 aliphatic rings. The minimum absolute atomic E-state index is 0.414. The summed E-state index contributed by atoms with van der Waals surface area (Å²) in [6, 6.07) is 53.6. The molecular formula is C34H32P2. The Kier molecular flexibility index (Phi) is 8.08. The lowest BCUT2D eigenvalue weighted by Crippen LogP contribution is -2.17. The van der Waals surface area contributed by atoms with Crippen molar-refractivity contribution < 1.29 is 0 Å². The molecule has 2 unspecified atom stereocenters. The monoisotopic (exact) mass is 502 g/mol. The summed E-state index contributed by atoms with van der Waals surface area (Å²) in [5, 5.41) is 5.72. The van der Waals surface area contributed by atoms with Gasteiger partial charge in [0.2, 0.25) is 0 Å². The molecule has 0 aliphatic carbocycles. The van der Waals surface area contributed by atoms with Gasteiger partial charge < -0.3 is 0 Å². The van der Waals surface area contributed by atoms with Gasteiger partial charge >= 0.3 is 0 Å². The standard InChI is InChI=1S/C34H32P2/c1-27(35(31-18-7-3-8-19-31)32-20-9-4-10-21-32)29-16-15-17-30(26-29)28(2)36(33-22-11-5-12-23-33)34-24-13-6-14-25-34/h3-28H,1-2H3. The van der Waals surface area contributed by atoms with E-state index in [0.29, 0.717) is 11.3 Å².